The fraction of sp³-hybridized carbons (Fsp3) is 0.188. The molecular weight excluding hydrogens is 334 g/mol. The molecule has 0 saturated carbocycles. The van der Waals surface area contributed by atoms with Gasteiger partial charge in [-0.25, -0.2) is 0 Å². The fourth-order valence-electron chi connectivity index (χ4n) is 1.74. The summed E-state index contributed by atoms with van der Waals surface area (Å²) in [5.41, 5.74) is 2.01. The number of thioether (sulfide) groups is 1. The van der Waals surface area contributed by atoms with Gasteiger partial charge in [0.05, 0.1) is 0 Å². The highest BCUT2D eigenvalue weighted by molar-refractivity contribution is 9.10. The van der Waals surface area contributed by atoms with Gasteiger partial charge in [0, 0.05) is 27.2 Å². The van der Waals surface area contributed by atoms with Crippen molar-refractivity contribution < 1.29 is 4.79 Å². The lowest BCUT2D eigenvalue weighted by molar-refractivity contribution is -0.115. The predicted molar refractivity (Wildman–Crippen MR) is 89.3 cm³/mol. The molecule has 0 aliphatic heterocycles. The smallest absolute Gasteiger partial charge is 0.225 e. The van der Waals surface area contributed by atoms with Gasteiger partial charge in [-0.1, -0.05) is 28.1 Å². The van der Waals surface area contributed by atoms with E-state index < -0.39 is 0 Å². The van der Waals surface area contributed by atoms with Gasteiger partial charge in [0.1, 0.15) is 0 Å². The van der Waals surface area contributed by atoms with Crippen LogP contribution in [0.3, 0.4) is 0 Å². The number of benzene rings is 2. The molecule has 0 saturated heterocycles. The number of amides is 1. The summed E-state index contributed by atoms with van der Waals surface area (Å²) in [5, 5.41) is 2.92. The Morgan fingerprint density at radius 2 is 1.95 bits per heavy atom. The minimum Gasteiger partial charge on any atom is -0.326 e. The standard InChI is InChI=1S/C16H16BrNOS/c1-12-3-2-4-14(11-12)18-16(19)9-10-20-15-7-5-13(17)6-8-15/h2-8,11H,9-10H2,1H3,(H,18,19). The Kier molecular flexibility index (Phi) is 5.68. The molecule has 0 aliphatic carbocycles. The zero-order valence-electron chi connectivity index (χ0n) is 11.2. The summed E-state index contributed by atoms with van der Waals surface area (Å²) in [4.78, 5) is 13.0. The molecular formula is C16H16BrNOS. The summed E-state index contributed by atoms with van der Waals surface area (Å²) in [5.74, 6) is 0.833. The van der Waals surface area contributed by atoms with Gasteiger partial charge in [-0.05, 0) is 48.9 Å². The summed E-state index contributed by atoms with van der Waals surface area (Å²) >= 11 is 5.10. The molecule has 1 N–H and O–H groups in total. The topological polar surface area (TPSA) is 29.1 Å². The molecule has 2 rings (SSSR count). The van der Waals surface area contributed by atoms with Crippen molar-refractivity contribution in [1.82, 2.24) is 0 Å². The highest BCUT2D eigenvalue weighted by atomic mass is 79.9. The van der Waals surface area contributed by atoms with E-state index in [1.165, 1.54) is 4.90 Å². The first-order chi connectivity index (χ1) is 9.63. The van der Waals surface area contributed by atoms with E-state index in [2.05, 4.69) is 21.2 Å². The number of halogens is 1. The largest absolute Gasteiger partial charge is 0.326 e. The van der Waals surface area contributed by atoms with Crippen LogP contribution in [0.25, 0.3) is 0 Å². The Morgan fingerprint density at radius 3 is 2.65 bits per heavy atom. The minimum absolute atomic E-state index is 0.0558. The van der Waals surface area contributed by atoms with Crippen LogP contribution >= 0.6 is 27.7 Å². The summed E-state index contributed by atoms with van der Waals surface area (Å²) in [6, 6.07) is 16.0. The average molecular weight is 350 g/mol. The Bertz CT molecular complexity index is 583. The van der Waals surface area contributed by atoms with Crippen LogP contribution in [0, 0.1) is 6.92 Å². The maximum Gasteiger partial charge on any atom is 0.225 e. The molecule has 0 fully saturated rings. The first kappa shape index (κ1) is 15.1. The third-order valence-electron chi connectivity index (χ3n) is 2.71. The Hall–Kier alpha value is -1.26. The van der Waals surface area contributed by atoms with Crippen molar-refractivity contribution in [3.05, 3.63) is 58.6 Å². The van der Waals surface area contributed by atoms with E-state index in [0.717, 1.165) is 21.5 Å². The minimum atomic E-state index is 0.0558. The maximum absolute atomic E-state index is 11.8. The van der Waals surface area contributed by atoms with Crippen molar-refractivity contribution in [2.45, 2.75) is 18.2 Å². The zero-order valence-corrected chi connectivity index (χ0v) is 13.6. The van der Waals surface area contributed by atoms with Crippen LogP contribution in [-0.4, -0.2) is 11.7 Å². The number of hydrogen-bond acceptors (Lipinski definition) is 2. The number of rotatable bonds is 5. The average Bonchev–Trinajstić information content (AvgIpc) is 2.41. The number of aryl methyl sites for hydroxylation is 1. The molecule has 1 amide bonds. The summed E-state index contributed by atoms with van der Waals surface area (Å²) in [6.45, 7) is 2.01. The molecule has 20 heavy (non-hydrogen) atoms. The first-order valence-electron chi connectivity index (χ1n) is 6.38. The van der Waals surface area contributed by atoms with Gasteiger partial charge >= 0.3 is 0 Å². The second-order valence-corrected chi connectivity index (χ2v) is 6.55. The van der Waals surface area contributed by atoms with E-state index in [-0.39, 0.29) is 5.91 Å². The third-order valence-corrected chi connectivity index (χ3v) is 4.26. The maximum atomic E-state index is 11.8. The predicted octanol–water partition coefficient (Wildman–Crippen LogP) is 4.88. The quantitative estimate of drug-likeness (QED) is 0.779. The van der Waals surface area contributed by atoms with Gasteiger partial charge in [-0.3, -0.25) is 4.79 Å². The summed E-state index contributed by atoms with van der Waals surface area (Å²) in [7, 11) is 0. The lowest BCUT2D eigenvalue weighted by Crippen LogP contribution is -2.12. The molecule has 0 bridgehead atoms. The van der Waals surface area contributed by atoms with Crippen molar-refractivity contribution in [3.63, 3.8) is 0 Å². The van der Waals surface area contributed by atoms with Crippen LogP contribution in [0.2, 0.25) is 0 Å². The lowest BCUT2D eigenvalue weighted by Gasteiger charge is -2.06. The Morgan fingerprint density at radius 1 is 1.20 bits per heavy atom. The van der Waals surface area contributed by atoms with Gasteiger partial charge in [0.25, 0.3) is 0 Å². The van der Waals surface area contributed by atoms with Crippen molar-refractivity contribution in [1.29, 1.82) is 0 Å². The van der Waals surface area contributed by atoms with Gasteiger partial charge < -0.3 is 5.32 Å². The first-order valence-corrected chi connectivity index (χ1v) is 8.16. The molecule has 0 radical (unpaired) electrons. The van der Waals surface area contributed by atoms with Crippen molar-refractivity contribution >= 4 is 39.3 Å². The summed E-state index contributed by atoms with van der Waals surface area (Å²) in [6.07, 6.45) is 0.509. The molecule has 0 aromatic heterocycles. The molecule has 2 aromatic carbocycles. The normalized spacial score (nSPS) is 10.3. The van der Waals surface area contributed by atoms with E-state index in [4.69, 9.17) is 0 Å². The highest BCUT2D eigenvalue weighted by Crippen LogP contribution is 2.21. The summed E-state index contributed by atoms with van der Waals surface area (Å²) < 4.78 is 1.07. The van der Waals surface area contributed by atoms with Crippen molar-refractivity contribution in [2.75, 3.05) is 11.1 Å². The Balaban J connectivity index is 1.76. The lowest BCUT2D eigenvalue weighted by atomic mass is 10.2. The van der Waals surface area contributed by atoms with Crippen molar-refractivity contribution in [2.24, 2.45) is 0 Å². The van der Waals surface area contributed by atoms with Crippen LogP contribution in [0.1, 0.15) is 12.0 Å². The van der Waals surface area contributed by atoms with Crippen LogP contribution in [0.4, 0.5) is 5.69 Å². The van der Waals surface area contributed by atoms with E-state index in [1.807, 2.05) is 55.5 Å². The number of hydrogen-bond donors (Lipinski definition) is 1. The highest BCUT2D eigenvalue weighted by Gasteiger charge is 2.03. The fourth-order valence-corrected chi connectivity index (χ4v) is 2.85. The Labute approximate surface area is 132 Å². The van der Waals surface area contributed by atoms with Crippen molar-refractivity contribution in [3.8, 4) is 0 Å². The molecule has 0 spiro atoms. The number of carbonyl (C=O) groups excluding carboxylic acids is 1. The zero-order chi connectivity index (χ0) is 14.4. The second kappa shape index (κ2) is 7.50. The van der Waals surface area contributed by atoms with Crippen LogP contribution in [0.5, 0.6) is 0 Å². The molecule has 4 heteroatoms. The van der Waals surface area contributed by atoms with Gasteiger partial charge in [-0.2, -0.15) is 0 Å². The third kappa shape index (κ3) is 5.02. The van der Waals surface area contributed by atoms with Gasteiger partial charge in [0.2, 0.25) is 5.91 Å². The molecule has 2 aromatic rings. The second-order valence-electron chi connectivity index (χ2n) is 4.47. The monoisotopic (exact) mass is 349 g/mol. The molecule has 0 aliphatic rings. The number of carbonyl (C=O) groups is 1. The van der Waals surface area contributed by atoms with Crippen LogP contribution < -0.4 is 5.32 Å². The van der Waals surface area contributed by atoms with E-state index in [1.54, 1.807) is 11.8 Å². The van der Waals surface area contributed by atoms with Crippen LogP contribution in [-0.2, 0) is 4.79 Å². The van der Waals surface area contributed by atoms with E-state index in [9.17, 15) is 4.79 Å². The number of nitrogens with one attached hydrogen (secondary N) is 1. The van der Waals surface area contributed by atoms with E-state index >= 15 is 0 Å². The number of anilines is 1. The van der Waals surface area contributed by atoms with E-state index in [0.29, 0.717) is 6.42 Å². The molecule has 2 nitrogen and oxygen atoms in total. The molecule has 0 heterocycles. The van der Waals surface area contributed by atoms with Gasteiger partial charge in [-0.15, -0.1) is 11.8 Å². The molecule has 0 unspecified atom stereocenters. The van der Waals surface area contributed by atoms with Crippen LogP contribution in [0.15, 0.2) is 57.9 Å². The molecule has 0 atom stereocenters. The van der Waals surface area contributed by atoms with Gasteiger partial charge in [0.15, 0.2) is 0 Å². The SMILES string of the molecule is Cc1cccc(NC(=O)CCSc2ccc(Br)cc2)c1. The molecule has 104 valence electrons.